The Kier molecular flexibility index (Phi) is 2.10. The minimum atomic E-state index is -0.572. The van der Waals surface area contributed by atoms with Gasteiger partial charge in [-0.15, -0.1) is 0 Å². The summed E-state index contributed by atoms with van der Waals surface area (Å²) in [6.45, 7) is 0.822. The molecular weight excluding hydrogens is 156 g/mol. The fourth-order valence-corrected chi connectivity index (χ4v) is 2.34. The molecule has 2 rings (SSSR count). The molecule has 0 radical (unpaired) electrons. The Hall–Kier alpha value is -0.120. The third-order valence-electron chi connectivity index (χ3n) is 3.11. The van der Waals surface area contributed by atoms with Crippen molar-refractivity contribution in [3.05, 3.63) is 0 Å². The molecule has 2 fully saturated rings. The summed E-state index contributed by atoms with van der Waals surface area (Å²) in [6.07, 6.45) is 3.26. The van der Waals surface area contributed by atoms with Crippen LogP contribution in [-0.4, -0.2) is 34.6 Å². The van der Waals surface area contributed by atoms with Crippen LogP contribution in [0.5, 0.6) is 0 Å². The smallest absolute Gasteiger partial charge is 0.0826 e. The van der Waals surface area contributed by atoms with E-state index in [-0.39, 0.29) is 5.60 Å². The third-order valence-corrected chi connectivity index (χ3v) is 3.11. The first-order chi connectivity index (χ1) is 5.72. The van der Waals surface area contributed by atoms with Gasteiger partial charge in [0.15, 0.2) is 0 Å². The Morgan fingerprint density at radius 3 is 2.58 bits per heavy atom. The maximum absolute atomic E-state index is 9.47. The van der Waals surface area contributed by atoms with Crippen LogP contribution in [0, 0.1) is 0 Å². The molecule has 3 nitrogen and oxygen atoms in total. The zero-order valence-corrected chi connectivity index (χ0v) is 7.20. The lowest BCUT2D eigenvalue weighted by molar-refractivity contribution is -0.108. The highest BCUT2D eigenvalue weighted by Crippen LogP contribution is 2.39. The molecule has 3 atom stereocenters. The molecule has 70 valence electrons. The lowest BCUT2D eigenvalue weighted by Crippen LogP contribution is -2.44. The van der Waals surface area contributed by atoms with Crippen molar-refractivity contribution in [2.24, 2.45) is 0 Å². The predicted molar refractivity (Wildman–Crippen MR) is 43.8 cm³/mol. The zero-order chi connectivity index (χ0) is 8.60. The Morgan fingerprint density at radius 1 is 1.17 bits per heavy atom. The molecule has 0 aromatic heterocycles. The van der Waals surface area contributed by atoms with Crippen LogP contribution in [0.1, 0.15) is 32.1 Å². The van der Waals surface area contributed by atoms with Crippen LogP contribution in [-0.2, 0) is 4.74 Å². The van der Waals surface area contributed by atoms with E-state index in [0.29, 0.717) is 12.8 Å². The first-order valence-corrected chi connectivity index (χ1v) is 4.72. The van der Waals surface area contributed by atoms with E-state index in [2.05, 4.69) is 0 Å². The molecule has 0 bridgehead atoms. The molecule has 1 saturated heterocycles. The molecule has 1 saturated carbocycles. The van der Waals surface area contributed by atoms with Crippen LogP contribution in [0.3, 0.4) is 0 Å². The highest BCUT2D eigenvalue weighted by molar-refractivity contribution is 4.94. The molecule has 1 aliphatic carbocycles. The summed E-state index contributed by atoms with van der Waals surface area (Å²) in [6, 6.07) is 0. The molecule has 0 aromatic carbocycles. The minimum Gasteiger partial charge on any atom is -0.390 e. The Morgan fingerprint density at radius 2 is 2.00 bits per heavy atom. The molecule has 12 heavy (non-hydrogen) atoms. The van der Waals surface area contributed by atoms with Gasteiger partial charge in [0, 0.05) is 13.0 Å². The van der Waals surface area contributed by atoms with Crippen molar-refractivity contribution >= 4 is 0 Å². The van der Waals surface area contributed by atoms with Gasteiger partial charge < -0.3 is 14.9 Å². The number of ether oxygens (including phenoxy) is 1. The molecule has 1 spiro atoms. The summed E-state index contributed by atoms with van der Waals surface area (Å²) in [5.74, 6) is 0. The number of rotatable bonds is 0. The van der Waals surface area contributed by atoms with Crippen molar-refractivity contribution in [3.63, 3.8) is 0 Å². The number of hydrogen-bond donors (Lipinski definition) is 2. The standard InChI is InChI=1S/C9H16O3/c10-7-2-4-9(6-8(7)11)3-1-5-12-9/h7-8,10-11H,1-6H2/t7-,8+,9-/m0/s1. The molecule has 2 N–H and O–H groups in total. The second-order valence-electron chi connectivity index (χ2n) is 4.01. The topological polar surface area (TPSA) is 49.7 Å². The summed E-state index contributed by atoms with van der Waals surface area (Å²) < 4.78 is 5.63. The minimum absolute atomic E-state index is 0.0847. The van der Waals surface area contributed by atoms with Gasteiger partial charge in [0.25, 0.3) is 0 Å². The summed E-state index contributed by atoms with van der Waals surface area (Å²) in [5, 5.41) is 18.8. The maximum Gasteiger partial charge on any atom is 0.0826 e. The van der Waals surface area contributed by atoms with Crippen LogP contribution in [0.4, 0.5) is 0 Å². The highest BCUT2D eigenvalue weighted by atomic mass is 16.5. The lowest BCUT2D eigenvalue weighted by Gasteiger charge is -2.37. The first kappa shape index (κ1) is 8.48. The second kappa shape index (κ2) is 2.98. The van der Waals surface area contributed by atoms with E-state index in [1.807, 2.05) is 0 Å². The Labute approximate surface area is 72.3 Å². The largest absolute Gasteiger partial charge is 0.390 e. The van der Waals surface area contributed by atoms with Gasteiger partial charge in [0.2, 0.25) is 0 Å². The van der Waals surface area contributed by atoms with E-state index in [0.717, 1.165) is 25.9 Å². The van der Waals surface area contributed by atoms with Gasteiger partial charge in [0.05, 0.1) is 17.8 Å². The average molecular weight is 172 g/mol. The first-order valence-electron chi connectivity index (χ1n) is 4.72. The van der Waals surface area contributed by atoms with Crippen LogP contribution in [0.2, 0.25) is 0 Å². The maximum atomic E-state index is 9.47. The van der Waals surface area contributed by atoms with E-state index < -0.39 is 12.2 Å². The molecule has 3 heteroatoms. The van der Waals surface area contributed by atoms with Gasteiger partial charge in [0.1, 0.15) is 0 Å². The van der Waals surface area contributed by atoms with Crippen LogP contribution >= 0.6 is 0 Å². The highest BCUT2D eigenvalue weighted by Gasteiger charge is 2.42. The second-order valence-corrected chi connectivity index (χ2v) is 4.01. The van der Waals surface area contributed by atoms with Crippen molar-refractivity contribution in [3.8, 4) is 0 Å². The van der Waals surface area contributed by atoms with Crippen LogP contribution < -0.4 is 0 Å². The van der Waals surface area contributed by atoms with Crippen molar-refractivity contribution in [2.45, 2.75) is 49.9 Å². The van der Waals surface area contributed by atoms with Gasteiger partial charge >= 0.3 is 0 Å². The SMILES string of the molecule is O[C@@H]1C[C@]2(CCCO2)CC[C@@H]1O. The molecular formula is C9H16O3. The molecule has 0 aromatic rings. The number of aliphatic hydroxyl groups excluding tert-OH is 2. The molecule has 0 amide bonds. The van der Waals surface area contributed by atoms with Crippen LogP contribution in [0.15, 0.2) is 0 Å². The molecule has 2 aliphatic rings. The van der Waals surface area contributed by atoms with E-state index in [9.17, 15) is 10.2 Å². The van der Waals surface area contributed by atoms with E-state index in [1.54, 1.807) is 0 Å². The van der Waals surface area contributed by atoms with E-state index in [1.165, 1.54) is 0 Å². The predicted octanol–water partition coefficient (Wildman–Crippen LogP) is 0.441. The lowest BCUT2D eigenvalue weighted by atomic mass is 9.80. The quantitative estimate of drug-likeness (QED) is 0.557. The number of hydrogen-bond acceptors (Lipinski definition) is 3. The fourth-order valence-electron chi connectivity index (χ4n) is 2.34. The zero-order valence-electron chi connectivity index (χ0n) is 7.20. The van der Waals surface area contributed by atoms with Gasteiger partial charge in [-0.25, -0.2) is 0 Å². The van der Waals surface area contributed by atoms with E-state index in [4.69, 9.17) is 4.74 Å². The fraction of sp³-hybridized carbons (Fsp3) is 1.00. The molecule has 1 heterocycles. The summed E-state index contributed by atoms with van der Waals surface area (Å²) in [5.41, 5.74) is -0.0847. The molecule has 0 unspecified atom stereocenters. The summed E-state index contributed by atoms with van der Waals surface area (Å²) >= 11 is 0. The van der Waals surface area contributed by atoms with Gasteiger partial charge in [-0.3, -0.25) is 0 Å². The summed E-state index contributed by atoms with van der Waals surface area (Å²) in [4.78, 5) is 0. The van der Waals surface area contributed by atoms with Crippen molar-refractivity contribution in [1.82, 2.24) is 0 Å². The average Bonchev–Trinajstić information content (AvgIpc) is 2.47. The van der Waals surface area contributed by atoms with Crippen molar-refractivity contribution < 1.29 is 14.9 Å². The number of aliphatic hydroxyl groups is 2. The van der Waals surface area contributed by atoms with Crippen molar-refractivity contribution in [2.75, 3.05) is 6.61 Å². The Balaban J connectivity index is 2.01. The normalized spacial score (nSPS) is 48.5. The summed E-state index contributed by atoms with van der Waals surface area (Å²) in [7, 11) is 0. The monoisotopic (exact) mass is 172 g/mol. The van der Waals surface area contributed by atoms with Crippen LogP contribution in [0.25, 0.3) is 0 Å². The van der Waals surface area contributed by atoms with Crippen molar-refractivity contribution in [1.29, 1.82) is 0 Å². The van der Waals surface area contributed by atoms with E-state index >= 15 is 0 Å². The van der Waals surface area contributed by atoms with Gasteiger partial charge in [-0.05, 0) is 25.7 Å². The van der Waals surface area contributed by atoms with Gasteiger partial charge in [-0.2, -0.15) is 0 Å². The molecule has 1 aliphatic heterocycles. The Bertz CT molecular complexity index is 163. The third kappa shape index (κ3) is 1.37. The van der Waals surface area contributed by atoms with Gasteiger partial charge in [-0.1, -0.05) is 0 Å².